The number of benzene rings is 10. The minimum absolute atomic E-state index is 0.584. The molecule has 394 valence electrons. The first-order valence-electron chi connectivity index (χ1n) is 26.9. The average molecular weight is 1050 g/mol. The van der Waals surface area contributed by atoms with Gasteiger partial charge in [0.2, 0.25) is 0 Å². The molecule has 8 heteroatoms. The first-order valence-corrected chi connectivity index (χ1v) is 26.9. The van der Waals surface area contributed by atoms with Crippen LogP contribution in [0.4, 0.5) is 0 Å². The number of hydrogen-bond donors (Lipinski definition) is 4. The Hall–Kier alpha value is -8.56. The molecule has 4 atom stereocenters. The van der Waals surface area contributed by atoms with Crippen LogP contribution in [0, 0.1) is 11.8 Å². The molecule has 2 aliphatic rings. The van der Waals surface area contributed by atoms with E-state index in [1.807, 2.05) is 291 Å². The summed E-state index contributed by atoms with van der Waals surface area (Å²) in [6, 6.07) is 90.3. The third-order valence-corrected chi connectivity index (χ3v) is 15.7. The van der Waals surface area contributed by atoms with Crippen molar-refractivity contribution >= 4 is 0 Å². The Morgan fingerprint density at radius 2 is 0.388 bits per heavy atom. The van der Waals surface area contributed by atoms with Gasteiger partial charge in [-0.05, 0) is 68.8 Å². The van der Waals surface area contributed by atoms with Crippen molar-refractivity contribution in [1.82, 2.24) is 0 Å². The highest BCUT2D eigenvalue weighted by molar-refractivity contribution is 5.48. The maximum Gasteiger partial charge on any atom is 0.185 e. The predicted molar refractivity (Wildman–Crippen MR) is 307 cm³/mol. The Bertz CT molecular complexity index is 3080. The summed E-state index contributed by atoms with van der Waals surface area (Å²) in [5, 5.41) is 53.4. The second-order valence-corrected chi connectivity index (χ2v) is 20.4. The van der Waals surface area contributed by atoms with E-state index in [0.29, 0.717) is 55.6 Å². The monoisotopic (exact) mass is 1050 g/mol. The van der Waals surface area contributed by atoms with E-state index in [4.69, 9.17) is 18.9 Å². The Morgan fingerprint density at radius 1 is 0.225 bits per heavy atom. The van der Waals surface area contributed by atoms with Crippen molar-refractivity contribution in [3.8, 4) is 11.8 Å². The van der Waals surface area contributed by atoms with Crippen LogP contribution < -0.4 is 0 Å². The highest BCUT2D eigenvalue weighted by Crippen LogP contribution is 2.53. The molecule has 0 aromatic heterocycles. The molecule has 80 heavy (non-hydrogen) atoms. The van der Waals surface area contributed by atoms with Gasteiger partial charge >= 0.3 is 0 Å². The maximum atomic E-state index is 13.3. The fourth-order valence-corrected chi connectivity index (χ4v) is 11.6. The number of ether oxygens (including phenoxy) is 4. The van der Waals surface area contributed by atoms with E-state index < -0.39 is 59.4 Å². The normalized spacial score (nSPS) is 18.1. The second-order valence-electron chi connectivity index (χ2n) is 20.4. The minimum Gasteiger partial charge on any atom is -0.378 e. The van der Waals surface area contributed by atoms with Crippen molar-refractivity contribution < 1.29 is 39.4 Å². The smallest absolute Gasteiger partial charge is 0.185 e. The number of hydrogen-bond acceptors (Lipinski definition) is 8. The fraction of sp³-hybridized carbons (Fsp3) is 0.139. The van der Waals surface area contributed by atoms with Gasteiger partial charge in [-0.1, -0.05) is 279 Å². The van der Waals surface area contributed by atoms with E-state index in [9.17, 15) is 20.4 Å². The summed E-state index contributed by atoms with van der Waals surface area (Å²) in [6.07, 6.45) is -6.49. The maximum absolute atomic E-state index is 13.3. The first-order chi connectivity index (χ1) is 39.2. The van der Waals surface area contributed by atoms with Crippen LogP contribution >= 0.6 is 0 Å². The van der Waals surface area contributed by atoms with Crippen molar-refractivity contribution in [1.29, 1.82) is 0 Å². The Balaban J connectivity index is 0.854. The molecule has 0 unspecified atom stereocenters. The van der Waals surface area contributed by atoms with Crippen molar-refractivity contribution in [3.63, 3.8) is 0 Å². The Morgan fingerprint density at radius 3 is 0.550 bits per heavy atom. The molecule has 2 aliphatic heterocycles. The molecule has 12 rings (SSSR count). The largest absolute Gasteiger partial charge is 0.378 e. The van der Waals surface area contributed by atoms with Crippen LogP contribution in [0.1, 0.15) is 79.3 Å². The minimum atomic E-state index is -1.78. The molecular formula is C72H58O8. The van der Waals surface area contributed by atoms with Crippen molar-refractivity contribution in [2.24, 2.45) is 0 Å². The van der Waals surface area contributed by atoms with Crippen LogP contribution in [0.25, 0.3) is 0 Å². The van der Waals surface area contributed by atoms with Gasteiger partial charge in [-0.15, -0.1) is 0 Å². The van der Waals surface area contributed by atoms with Gasteiger partial charge in [-0.25, -0.2) is 0 Å². The third kappa shape index (κ3) is 9.56. The average Bonchev–Trinajstić information content (AvgIpc) is 4.37. The van der Waals surface area contributed by atoms with Gasteiger partial charge in [-0.3, -0.25) is 0 Å². The highest BCUT2D eigenvalue weighted by Gasteiger charge is 2.61. The summed E-state index contributed by atoms with van der Waals surface area (Å²) in [7, 11) is 0. The van der Waals surface area contributed by atoms with Gasteiger partial charge in [0, 0.05) is 22.3 Å². The summed E-state index contributed by atoms with van der Waals surface area (Å²) in [5.74, 6) is 6.61. The first kappa shape index (κ1) is 52.2. The molecule has 2 saturated heterocycles. The Kier molecular flexibility index (Phi) is 14.5. The SMILES string of the molecule is OC(c1ccccc1)(c1ccccc1)[C@@H]1OC(c2ccc(C#Cc3ccc(C4O[C@@H](C(O)(c5ccccc5)c5ccccc5)[C@H](C(O)(c5ccccc5)c5ccccc5)O4)cc3)cc2)O[C@H]1C(O)(c1ccccc1)c1ccccc1. The lowest BCUT2D eigenvalue weighted by molar-refractivity contribution is -0.110. The molecule has 2 heterocycles. The van der Waals surface area contributed by atoms with Gasteiger partial charge in [0.25, 0.3) is 0 Å². The Labute approximate surface area is 466 Å². The highest BCUT2D eigenvalue weighted by atomic mass is 16.7. The quantitative estimate of drug-likeness (QED) is 0.0796. The van der Waals surface area contributed by atoms with E-state index in [0.717, 1.165) is 11.1 Å². The zero-order valence-corrected chi connectivity index (χ0v) is 43.6. The molecule has 0 saturated carbocycles. The lowest BCUT2D eigenvalue weighted by atomic mass is 9.72. The van der Waals surface area contributed by atoms with Crippen molar-refractivity contribution in [2.45, 2.75) is 59.4 Å². The van der Waals surface area contributed by atoms with Gasteiger partial charge < -0.3 is 39.4 Å². The zero-order chi connectivity index (χ0) is 54.6. The summed E-state index contributed by atoms with van der Waals surface area (Å²) in [4.78, 5) is 0. The van der Waals surface area contributed by atoms with Crippen LogP contribution in [0.3, 0.4) is 0 Å². The lowest BCUT2D eigenvalue weighted by Crippen LogP contribution is -2.54. The molecule has 10 aromatic carbocycles. The molecule has 8 nitrogen and oxygen atoms in total. The zero-order valence-electron chi connectivity index (χ0n) is 43.6. The fourth-order valence-electron chi connectivity index (χ4n) is 11.6. The predicted octanol–water partition coefficient (Wildman–Crippen LogP) is 12.4. The van der Waals surface area contributed by atoms with Crippen molar-refractivity contribution in [3.05, 3.63) is 358 Å². The number of rotatable bonds is 14. The lowest BCUT2D eigenvalue weighted by Gasteiger charge is -2.42. The van der Waals surface area contributed by atoms with Crippen LogP contribution in [0.2, 0.25) is 0 Å². The summed E-state index contributed by atoms with van der Waals surface area (Å²) < 4.78 is 27.9. The van der Waals surface area contributed by atoms with Crippen LogP contribution in [-0.2, 0) is 41.4 Å². The van der Waals surface area contributed by atoms with Gasteiger partial charge in [0.15, 0.2) is 12.6 Å². The number of aliphatic hydroxyl groups is 4. The topological polar surface area (TPSA) is 118 Å². The van der Waals surface area contributed by atoms with E-state index in [1.54, 1.807) is 0 Å². The molecule has 0 amide bonds. The molecule has 0 spiro atoms. The van der Waals surface area contributed by atoms with Gasteiger partial charge in [-0.2, -0.15) is 0 Å². The van der Waals surface area contributed by atoms with Crippen molar-refractivity contribution in [2.75, 3.05) is 0 Å². The molecule has 0 aliphatic carbocycles. The van der Waals surface area contributed by atoms with Crippen LogP contribution in [0.5, 0.6) is 0 Å². The van der Waals surface area contributed by atoms with Gasteiger partial charge in [0.1, 0.15) is 46.8 Å². The summed E-state index contributed by atoms with van der Waals surface area (Å²) in [5.41, 5.74) is 0.373. The molecule has 0 bridgehead atoms. The summed E-state index contributed by atoms with van der Waals surface area (Å²) in [6.45, 7) is 0. The molecular weight excluding hydrogens is 993 g/mol. The van der Waals surface area contributed by atoms with E-state index in [1.165, 1.54) is 0 Å². The molecule has 4 N–H and O–H groups in total. The standard InChI is InChI=1S/C72H58O8/c73-69(55-25-9-1-10-26-55,56-27-11-2-12-28-56)63-64(70(74,57-29-13-3-14-30-57)58-31-15-4-16-32-58)78-67(77-63)53-47-43-51(44-48-53)41-42-52-45-49-54(50-46-52)68-79-65(71(75,59-33-17-5-18-34-59)60-35-19-6-20-36-60)66(80-68)72(76,61-37-21-7-22-38-61)62-39-23-8-24-40-62/h1-40,43-50,63-68,73-76H/t63-,64-,65-,66-/m1/s1. The van der Waals surface area contributed by atoms with E-state index in [2.05, 4.69) is 11.8 Å². The van der Waals surface area contributed by atoms with E-state index >= 15 is 0 Å². The third-order valence-electron chi connectivity index (χ3n) is 15.7. The van der Waals surface area contributed by atoms with Gasteiger partial charge in [0.05, 0.1) is 0 Å². The molecule has 0 radical (unpaired) electrons. The van der Waals surface area contributed by atoms with E-state index in [-0.39, 0.29) is 0 Å². The van der Waals surface area contributed by atoms with Crippen LogP contribution in [-0.4, -0.2) is 44.8 Å². The second kappa shape index (κ2) is 22.3. The molecule has 2 fully saturated rings. The molecule has 10 aromatic rings. The van der Waals surface area contributed by atoms with Crippen LogP contribution in [0.15, 0.2) is 291 Å². The summed E-state index contributed by atoms with van der Waals surface area (Å²) >= 11 is 0.